The van der Waals surface area contributed by atoms with Crippen LogP contribution in [0.2, 0.25) is 0 Å². The highest BCUT2D eigenvalue weighted by molar-refractivity contribution is 6.06. The minimum Gasteiger partial charge on any atom is -0.494 e. The van der Waals surface area contributed by atoms with Gasteiger partial charge in [-0.15, -0.1) is 0 Å². The molecule has 1 saturated heterocycles. The van der Waals surface area contributed by atoms with Gasteiger partial charge in [-0.2, -0.15) is 0 Å². The highest BCUT2D eigenvalue weighted by atomic mass is 16.7. The number of fused-ring (bicyclic) bond motifs is 2. The second kappa shape index (κ2) is 9.84. The average Bonchev–Trinajstić information content (AvgIpc) is 3.02. The van der Waals surface area contributed by atoms with E-state index in [1.165, 1.54) is 5.56 Å². The number of rotatable bonds is 9. The molecule has 0 radical (unpaired) electrons. The second-order valence-electron chi connectivity index (χ2n) is 8.36. The van der Waals surface area contributed by atoms with Crippen LogP contribution in [0.3, 0.4) is 0 Å². The summed E-state index contributed by atoms with van der Waals surface area (Å²) in [6, 6.07) is 14.3. The van der Waals surface area contributed by atoms with E-state index < -0.39 is 5.79 Å². The molecule has 2 aromatic carbocycles. The summed E-state index contributed by atoms with van der Waals surface area (Å²) < 4.78 is 17.8. The van der Waals surface area contributed by atoms with E-state index in [1.807, 2.05) is 24.3 Å². The number of ether oxygens (including phenoxy) is 3. The number of carbonyl (C=O) groups is 1. The van der Waals surface area contributed by atoms with E-state index in [9.17, 15) is 4.79 Å². The Kier molecular flexibility index (Phi) is 6.93. The summed E-state index contributed by atoms with van der Waals surface area (Å²) in [6.45, 7) is 6.60. The van der Waals surface area contributed by atoms with Crippen molar-refractivity contribution < 1.29 is 19.0 Å². The summed E-state index contributed by atoms with van der Waals surface area (Å²) in [5.74, 6) is -0.557. The minimum absolute atomic E-state index is 0.127. The molecule has 0 atom stereocenters. The summed E-state index contributed by atoms with van der Waals surface area (Å²) in [4.78, 5) is 15.4. The molecule has 1 fully saturated rings. The summed E-state index contributed by atoms with van der Waals surface area (Å²) in [5, 5.41) is 0. The molecule has 0 N–H and O–H groups in total. The maximum absolute atomic E-state index is 13.6. The molecule has 4 rings (SSSR count). The van der Waals surface area contributed by atoms with Crippen molar-refractivity contribution in [1.82, 2.24) is 0 Å². The van der Waals surface area contributed by atoms with Gasteiger partial charge in [-0.1, -0.05) is 44.9 Å². The van der Waals surface area contributed by atoms with Crippen molar-refractivity contribution in [3.05, 3.63) is 59.2 Å². The molecule has 2 aromatic rings. The van der Waals surface area contributed by atoms with Crippen LogP contribution in [0, 0.1) is 0 Å². The first kappa shape index (κ1) is 21.8. The Hall–Kier alpha value is -2.37. The predicted molar refractivity (Wildman–Crippen MR) is 121 cm³/mol. The Morgan fingerprint density at radius 2 is 1.68 bits per heavy atom. The molecular weight excluding hydrogens is 390 g/mol. The molecule has 5 nitrogen and oxygen atoms in total. The molecule has 2 aliphatic rings. The Morgan fingerprint density at radius 1 is 0.968 bits per heavy atom. The number of aryl methyl sites for hydroxylation is 1. The fraction of sp³-hybridized carbons (Fsp3) is 0.500. The lowest BCUT2D eigenvalue weighted by atomic mass is 10.00. The third-order valence-electron chi connectivity index (χ3n) is 5.98. The normalized spacial score (nSPS) is 17.2. The minimum atomic E-state index is -1.29. The fourth-order valence-electron chi connectivity index (χ4n) is 4.20. The SMILES string of the molecule is CCCCOc1ccc(CN2C(=O)C3(OCCCO3)c3cc(CCCC)ccc32)cc1. The molecule has 0 saturated carbocycles. The molecule has 0 aromatic heterocycles. The van der Waals surface area contributed by atoms with Gasteiger partial charge in [0.05, 0.1) is 32.1 Å². The molecule has 1 amide bonds. The molecule has 2 aliphatic heterocycles. The molecule has 0 unspecified atom stereocenters. The van der Waals surface area contributed by atoms with Crippen LogP contribution < -0.4 is 9.64 Å². The number of hydrogen-bond acceptors (Lipinski definition) is 4. The van der Waals surface area contributed by atoms with E-state index >= 15 is 0 Å². The van der Waals surface area contributed by atoms with Crippen molar-refractivity contribution >= 4 is 11.6 Å². The van der Waals surface area contributed by atoms with Gasteiger partial charge in [-0.3, -0.25) is 4.79 Å². The number of benzene rings is 2. The van der Waals surface area contributed by atoms with Gasteiger partial charge in [0, 0.05) is 5.56 Å². The van der Waals surface area contributed by atoms with E-state index in [0.717, 1.165) is 67.7 Å². The second-order valence-corrected chi connectivity index (χ2v) is 8.36. The molecular formula is C26H33NO4. The van der Waals surface area contributed by atoms with Crippen molar-refractivity contribution in [2.45, 2.75) is 64.7 Å². The maximum Gasteiger partial charge on any atom is 0.292 e. The Bertz CT molecular complexity index is 887. The third kappa shape index (κ3) is 4.48. The monoisotopic (exact) mass is 423 g/mol. The Labute approximate surface area is 185 Å². The highest BCUT2D eigenvalue weighted by Crippen LogP contribution is 2.46. The van der Waals surface area contributed by atoms with Gasteiger partial charge in [0.25, 0.3) is 11.7 Å². The molecule has 2 heterocycles. The predicted octanol–water partition coefficient (Wildman–Crippen LogP) is 5.34. The zero-order chi connectivity index (χ0) is 21.7. The van der Waals surface area contributed by atoms with Crippen LogP contribution >= 0.6 is 0 Å². The van der Waals surface area contributed by atoms with Crippen LogP contribution in [0.5, 0.6) is 5.75 Å². The zero-order valence-corrected chi connectivity index (χ0v) is 18.7. The lowest BCUT2D eigenvalue weighted by Gasteiger charge is -2.32. The number of unbranched alkanes of at least 4 members (excludes halogenated alkanes) is 2. The fourth-order valence-corrected chi connectivity index (χ4v) is 4.20. The van der Waals surface area contributed by atoms with Crippen molar-refractivity contribution in [3.63, 3.8) is 0 Å². The van der Waals surface area contributed by atoms with Gasteiger partial charge in [0.15, 0.2) is 0 Å². The van der Waals surface area contributed by atoms with Crippen LogP contribution in [0.15, 0.2) is 42.5 Å². The average molecular weight is 424 g/mol. The van der Waals surface area contributed by atoms with Crippen molar-refractivity contribution in [3.8, 4) is 5.75 Å². The Balaban J connectivity index is 1.58. The van der Waals surface area contributed by atoms with Crippen molar-refractivity contribution in [2.75, 3.05) is 24.7 Å². The first-order valence-electron chi connectivity index (χ1n) is 11.6. The first-order valence-corrected chi connectivity index (χ1v) is 11.6. The van der Waals surface area contributed by atoms with Crippen LogP contribution in [-0.4, -0.2) is 25.7 Å². The standard InChI is InChI=1S/C26H33NO4/c1-3-5-8-20-11-14-24-23(18-20)26(30-16-7-17-31-26)25(28)27(24)19-21-9-12-22(13-10-21)29-15-6-4-2/h9-14,18H,3-8,15-17,19H2,1-2H3. The van der Waals surface area contributed by atoms with E-state index in [4.69, 9.17) is 14.2 Å². The number of carbonyl (C=O) groups excluding carboxylic acids is 1. The molecule has 31 heavy (non-hydrogen) atoms. The molecule has 5 heteroatoms. The van der Waals surface area contributed by atoms with E-state index in [-0.39, 0.29) is 5.91 Å². The van der Waals surface area contributed by atoms with Crippen molar-refractivity contribution in [2.24, 2.45) is 0 Å². The number of nitrogens with zero attached hydrogens (tertiary/aromatic N) is 1. The van der Waals surface area contributed by atoms with Gasteiger partial charge in [-0.05, 0) is 61.1 Å². The van der Waals surface area contributed by atoms with Gasteiger partial charge >= 0.3 is 0 Å². The van der Waals surface area contributed by atoms with Crippen molar-refractivity contribution in [1.29, 1.82) is 0 Å². The summed E-state index contributed by atoms with van der Waals surface area (Å²) in [5.41, 5.74) is 4.01. The molecule has 0 aliphatic carbocycles. The quantitative estimate of drug-likeness (QED) is 0.511. The first-order chi connectivity index (χ1) is 15.2. The van der Waals surface area contributed by atoms with Gasteiger partial charge in [-0.25, -0.2) is 0 Å². The van der Waals surface area contributed by atoms with E-state index in [0.29, 0.717) is 19.8 Å². The maximum atomic E-state index is 13.6. The van der Waals surface area contributed by atoms with Crippen LogP contribution in [0.1, 0.15) is 62.6 Å². The topological polar surface area (TPSA) is 48.0 Å². The Morgan fingerprint density at radius 3 is 2.39 bits per heavy atom. The highest BCUT2D eigenvalue weighted by Gasteiger charge is 2.54. The summed E-state index contributed by atoms with van der Waals surface area (Å²) in [7, 11) is 0. The van der Waals surface area contributed by atoms with E-state index in [1.54, 1.807) is 4.90 Å². The number of anilines is 1. The smallest absolute Gasteiger partial charge is 0.292 e. The van der Waals surface area contributed by atoms with Crippen LogP contribution in [0.25, 0.3) is 0 Å². The number of hydrogen-bond donors (Lipinski definition) is 0. The van der Waals surface area contributed by atoms with Crippen LogP contribution in [0.4, 0.5) is 5.69 Å². The third-order valence-corrected chi connectivity index (χ3v) is 5.98. The van der Waals surface area contributed by atoms with Gasteiger partial charge in [0.1, 0.15) is 5.75 Å². The molecule has 1 spiro atoms. The van der Waals surface area contributed by atoms with Gasteiger partial charge in [0.2, 0.25) is 0 Å². The molecule has 166 valence electrons. The van der Waals surface area contributed by atoms with Gasteiger partial charge < -0.3 is 19.1 Å². The molecule has 0 bridgehead atoms. The zero-order valence-electron chi connectivity index (χ0n) is 18.7. The summed E-state index contributed by atoms with van der Waals surface area (Å²) in [6.07, 6.45) is 6.22. The lowest BCUT2D eigenvalue weighted by Crippen LogP contribution is -2.47. The summed E-state index contributed by atoms with van der Waals surface area (Å²) >= 11 is 0. The number of amides is 1. The van der Waals surface area contributed by atoms with E-state index in [2.05, 4.69) is 32.0 Å². The van der Waals surface area contributed by atoms with Crippen LogP contribution in [-0.2, 0) is 33.0 Å². The largest absolute Gasteiger partial charge is 0.494 e. The lowest BCUT2D eigenvalue weighted by molar-refractivity contribution is -0.256.